The number of hydrogen-bond acceptors (Lipinski definition) is 3. The summed E-state index contributed by atoms with van der Waals surface area (Å²) in [6.07, 6.45) is 0. The molecule has 0 aliphatic rings. The molecule has 1 rings (SSSR count). The van der Waals surface area contributed by atoms with Crippen LogP contribution in [0.5, 0.6) is 0 Å². The van der Waals surface area contributed by atoms with Crippen molar-refractivity contribution < 1.29 is 18.3 Å². The molecule has 3 N–H and O–H groups in total. The minimum absolute atomic E-state index is 0. The van der Waals surface area contributed by atoms with Crippen molar-refractivity contribution in [2.75, 3.05) is 0 Å². The second-order valence-electron chi connectivity index (χ2n) is 2.49. The van der Waals surface area contributed by atoms with Crippen LogP contribution in [0.4, 0.5) is 0 Å². The summed E-state index contributed by atoms with van der Waals surface area (Å²) in [7, 11) is -3.90. The Morgan fingerprint density at radius 2 is 1.93 bits per heavy atom. The zero-order chi connectivity index (χ0) is 10.9. The molecule has 15 heavy (non-hydrogen) atoms. The van der Waals surface area contributed by atoms with Gasteiger partial charge in [-0.1, -0.05) is 11.6 Å². The van der Waals surface area contributed by atoms with Crippen molar-refractivity contribution >= 4 is 57.2 Å². The van der Waals surface area contributed by atoms with E-state index in [1.165, 1.54) is 6.07 Å². The van der Waals surface area contributed by atoms with Gasteiger partial charge in [-0.15, -0.1) is 0 Å². The van der Waals surface area contributed by atoms with Crippen molar-refractivity contribution in [1.29, 1.82) is 0 Å². The number of nitrogens with two attached hydrogens (primary N) is 1. The van der Waals surface area contributed by atoms with Gasteiger partial charge < -0.3 is 5.11 Å². The molecular formula is C7H7ClNNaO4S. The summed E-state index contributed by atoms with van der Waals surface area (Å²) in [5.74, 6) is -1.31. The van der Waals surface area contributed by atoms with Crippen LogP contribution < -0.4 is 5.14 Å². The maximum atomic E-state index is 10.9. The summed E-state index contributed by atoms with van der Waals surface area (Å²) < 4.78 is 21.7. The van der Waals surface area contributed by atoms with Crippen LogP contribution in [0.2, 0.25) is 5.02 Å². The Balaban J connectivity index is 0.00000196. The van der Waals surface area contributed by atoms with Gasteiger partial charge in [-0.25, -0.2) is 18.4 Å². The summed E-state index contributed by atoms with van der Waals surface area (Å²) in [6.45, 7) is 0. The third-order valence-corrected chi connectivity index (χ3v) is 2.74. The van der Waals surface area contributed by atoms with Gasteiger partial charge in [0.1, 0.15) is 0 Å². The summed E-state index contributed by atoms with van der Waals surface area (Å²) in [6, 6.07) is 3.23. The molecule has 5 nitrogen and oxygen atoms in total. The number of primary sulfonamides is 1. The van der Waals surface area contributed by atoms with Crippen LogP contribution >= 0.6 is 11.6 Å². The van der Waals surface area contributed by atoms with Crippen LogP contribution in [0.1, 0.15) is 10.4 Å². The van der Waals surface area contributed by atoms with Gasteiger partial charge >= 0.3 is 35.5 Å². The summed E-state index contributed by atoms with van der Waals surface area (Å²) in [5, 5.41) is 13.4. The number of rotatable bonds is 2. The van der Waals surface area contributed by atoms with E-state index in [0.717, 1.165) is 12.1 Å². The Morgan fingerprint density at radius 1 is 1.40 bits per heavy atom. The zero-order valence-corrected chi connectivity index (χ0v) is 8.34. The second kappa shape index (κ2) is 5.29. The van der Waals surface area contributed by atoms with Crippen molar-refractivity contribution in [2.45, 2.75) is 4.90 Å². The van der Waals surface area contributed by atoms with Crippen molar-refractivity contribution in [3.8, 4) is 0 Å². The van der Waals surface area contributed by atoms with E-state index in [0.29, 0.717) is 0 Å². The van der Waals surface area contributed by atoms with Gasteiger partial charge in [-0.2, -0.15) is 0 Å². The Hall–Kier alpha value is -0.110. The number of hydrogen-bond donors (Lipinski definition) is 2. The van der Waals surface area contributed by atoms with E-state index in [4.69, 9.17) is 21.8 Å². The SMILES string of the molecule is NS(=O)(=O)c1ccc(Cl)c(C(=O)O)c1.[NaH]. The average molecular weight is 260 g/mol. The van der Waals surface area contributed by atoms with Crippen molar-refractivity contribution in [3.63, 3.8) is 0 Å². The van der Waals surface area contributed by atoms with Crippen molar-refractivity contribution in [3.05, 3.63) is 28.8 Å². The number of carboxylic acids is 1. The number of sulfonamides is 1. The van der Waals surface area contributed by atoms with Crippen molar-refractivity contribution in [1.82, 2.24) is 0 Å². The number of halogens is 1. The van der Waals surface area contributed by atoms with E-state index < -0.39 is 16.0 Å². The van der Waals surface area contributed by atoms with Crippen LogP contribution in [-0.2, 0) is 10.0 Å². The summed E-state index contributed by atoms with van der Waals surface area (Å²) in [5.41, 5.74) is -0.293. The molecule has 78 valence electrons. The van der Waals surface area contributed by atoms with E-state index in [9.17, 15) is 13.2 Å². The topological polar surface area (TPSA) is 97.5 Å². The van der Waals surface area contributed by atoms with E-state index in [2.05, 4.69) is 0 Å². The van der Waals surface area contributed by atoms with Crippen LogP contribution in [-0.4, -0.2) is 49.1 Å². The molecule has 1 aromatic carbocycles. The fourth-order valence-electron chi connectivity index (χ4n) is 0.845. The van der Waals surface area contributed by atoms with Gasteiger partial charge in [0.15, 0.2) is 0 Å². The molecule has 0 heterocycles. The second-order valence-corrected chi connectivity index (χ2v) is 4.46. The van der Waals surface area contributed by atoms with Gasteiger partial charge in [-0.3, -0.25) is 0 Å². The number of carboxylic acid groups (broad SMARTS) is 1. The van der Waals surface area contributed by atoms with Crippen LogP contribution in [0.25, 0.3) is 0 Å². The number of carbonyl (C=O) groups is 1. The van der Waals surface area contributed by atoms with Gasteiger partial charge in [0.2, 0.25) is 10.0 Å². The molecule has 0 fully saturated rings. The Labute approximate surface area is 114 Å². The van der Waals surface area contributed by atoms with Gasteiger partial charge in [0, 0.05) is 0 Å². The van der Waals surface area contributed by atoms with Crippen LogP contribution in [0, 0.1) is 0 Å². The Bertz CT molecular complexity index is 488. The predicted octanol–water partition coefficient (Wildman–Crippen LogP) is 0.0371. The predicted molar refractivity (Wildman–Crippen MR) is 56.9 cm³/mol. The molecule has 0 aromatic heterocycles. The quantitative estimate of drug-likeness (QED) is 0.733. The third-order valence-electron chi connectivity index (χ3n) is 1.50. The third kappa shape index (κ3) is 3.75. The Kier molecular flexibility index (Phi) is 5.25. The zero-order valence-electron chi connectivity index (χ0n) is 6.77. The van der Waals surface area contributed by atoms with Crippen molar-refractivity contribution in [2.24, 2.45) is 5.14 Å². The fourth-order valence-corrected chi connectivity index (χ4v) is 1.58. The summed E-state index contributed by atoms with van der Waals surface area (Å²) >= 11 is 5.52. The first-order valence-electron chi connectivity index (χ1n) is 3.38. The van der Waals surface area contributed by atoms with E-state index in [1.54, 1.807) is 0 Å². The molecule has 0 radical (unpaired) electrons. The van der Waals surface area contributed by atoms with E-state index in [1.807, 2.05) is 0 Å². The average Bonchev–Trinajstić information content (AvgIpc) is 2.02. The molecule has 0 saturated heterocycles. The van der Waals surface area contributed by atoms with Gasteiger partial charge in [0.25, 0.3) is 0 Å². The molecule has 1 aromatic rings. The molecule has 0 aliphatic heterocycles. The molecule has 0 spiro atoms. The number of benzene rings is 1. The molecule has 0 amide bonds. The molecule has 0 unspecified atom stereocenters. The Morgan fingerprint density at radius 3 is 2.33 bits per heavy atom. The normalized spacial score (nSPS) is 10.5. The van der Waals surface area contributed by atoms with E-state index in [-0.39, 0.29) is 45.0 Å². The number of aromatic carboxylic acids is 1. The monoisotopic (exact) mass is 259 g/mol. The van der Waals surface area contributed by atoms with Gasteiger partial charge in [0.05, 0.1) is 15.5 Å². The first-order chi connectivity index (χ1) is 6.32. The maximum absolute atomic E-state index is 10.9. The first kappa shape index (κ1) is 14.9. The first-order valence-corrected chi connectivity index (χ1v) is 5.30. The van der Waals surface area contributed by atoms with Gasteiger partial charge in [-0.05, 0) is 18.2 Å². The van der Waals surface area contributed by atoms with E-state index >= 15 is 0 Å². The van der Waals surface area contributed by atoms with Crippen LogP contribution in [0.15, 0.2) is 23.1 Å². The van der Waals surface area contributed by atoms with Crippen LogP contribution in [0.3, 0.4) is 0 Å². The summed E-state index contributed by atoms with van der Waals surface area (Å²) in [4.78, 5) is 10.3. The molecule has 0 atom stereocenters. The standard InChI is InChI=1S/C7H6ClNO4S.Na.H/c8-6-2-1-4(14(9,12)13)3-5(6)7(10)11;;/h1-3H,(H,10,11)(H2,9,12,13);;. The molecule has 0 saturated carbocycles. The molecule has 0 bridgehead atoms. The molecule has 8 heteroatoms. The minimum atomic E-state index is -3.90. The molecule has 0 aliphatic carbocycles. The molecular weight excluding hydrogens is 253 g/mol. The fraction of sp³-hybridized carbons (Fsp3) is 0.